The van der Waals surface area contributed by atoms with Gasteiger partial charge in [-0.3, -0.25) is 0 Å². The average molecular weight is 301 g/mol. The van der Waals surface area contributed by atoms with E-state index in [0.29, 0.717) is 5.88 Å². The van der Waals surface area contributed by atoms with Gasteiger partial charge >= 0.3 is 0 Å². The Labute approximate surface area is 128 Å². The summed E-state index contributed by atoms with van der Waals surface area (Å²) in [6.45, 7) is 1.52. The molecule has 0 unspecified atom stereocenters. The smallest absolute Gasteiger partial charge is 0.222 e. The molecule has 7 heteroatoms. The van der Waals surface area contributed by atoms with Gasteiger partial charge in [0.15, 0.2) is 0 Å². The Morgan fingerprint density at radius 1 is 1.27 bits per heavy atom. The van der Waals surface area contributed by atoms with Gasteiger partial charge in [-0.25, -0.2) is 9.97 Å². The molecular formula is C15H19N5O2. The lowest BCUT2D eigenvalue weighted by molar-refractivity contribution is 0.145. The summed E-state index contributed by atoms with van der Waals surface area (Å²) >= 11 is 0. The Bertz CT molecular complexity index is 639. The van der Waals surface area contributed by atoms with E-state index in [-0.39, 0.29) is 12.1 Å². The van der Waals surface area contributed by atoms with Crippen LogP contribution in [0.1, 0.15) is 12.8 Å². The molecule has 0 amide bonds. The molecule has 22 heavy (non-hydrogen) atoms. The van der Waals surface area contributed by atoms with Crippen LogP contribution in [0.15, 0.2) is 24.4 Å². The minimum Gasteiger partial charge on any atom is -0.481 e. The average Bonchev–Trinajstić information content (AvgIpc) is 2.55. The van der Waals surface area contributed by atoms with Crippen molar-refractivity contribution in [1.29, 1.82) is 0 Å². The van der Waals surface area contributed by atoms with Gasteiger partial charge in [-0.15, -0.1) is 0 Å². The van der Waals surface area contributed by atoms with E-state index < -0.39 is 0 Å². The Kier molecular flexibility index (Phi) is 4.06. The second-order valence-corrected chi connectivity index (χ2v) is 5.28. The van der Waals surface area contributed by atoms with E-state index in [1.54, 1.807) is 19.4 Å². The summed E-state index contributed by atoms with van der Waals surface area (Å²) in [6, 6.07) is 5.57. The van der Waals surface area contributed by atoms with E-state index >= 15 is 0 Å². The fraction of sp³-hybridized carbons (Fsp3) is 0.400. The number of nitrogens with two attached hydrogens (primary N) is 1. The zero-order chi connectivity index (χ0) is 15.5. The van der Waals surface area contributed by atoms with E-state index in [1.165, 1.54) is 0 Å². The summed E-state index contributed by atoms with van der Waals surface area (Å²) in [4.78, 5) is 14.9. The first-order chi connectivity index (χ1) is 10.7. The molecule has 0 bridgehead atoms. The molecule has 1 aliphatic rings. The maximum Gasteiger partial charge on any atom is 0.222 e. The van der Waals surface area contributed by atoms with Gasteiger partial charge in [-0.2, -0.15) is 4.98 Å². The fourth-order valence-electron chi connectivity index (χ4n) is 2.51. The van der Waals surface area contributed by atoms with Gasteiger partial charge in [0.25, 0.3) is 0 Å². The van der Waals surface area contributed by atoms with Crippen molar-refractivity contribution in [2.24, 2.45) is 0 Å². The van der Waals surface area contributed by atoms with Gasteiger partial charge in [-0.1, -0.05) is 0 Å². The molecule has 1 fully saturated rings. The second-order valence-electron chi connectivity index (χ2n) is 5.28. The molecule has 0 aliphatic carbocycles. The highest BCUT2D eigenvalue weighted by molar-refractivity contribution is 5.64. The molecular weight excluding hydrogens is 282 g/mol. The lowest BCUT2D eigenvalue weighted by atomic mass is 10.1. The van der Waals surface area contributed by atoms with Crippen LogP contribution in [0, 0.1) is 0 Å². The van der Waals surface area contributed by atoms with E-state index in [1.807, 2.05) is 12.1 Å². The van der Waals surface area contributed by atoms with Crippen molar-refractivity contribution < 1.29 is 9.84 Å². The van der Waals surface area contributed by atoms with Crippen LogP contribution in [0.4, 0.5) is 11.8 Å². The predicted molar refractivity (Wildman–Crippen MR) is 83.7 cm³/mol. The number of hydrogen-bond acceptors (Lipinski definition) is 7. The van der Waals surface area contributed by atoms with Crippen molar-refractivity contribution in [1.82, 2.24) is 15.0 Å². The minimum atomic E-state index is -0.222. The molecule has 1 aliphatic heterocycles. The number of hydrogen-bond donors (Lipinski definition) is 2. The molecule has 3 heterocycles. The lowest BCUT2D eigenvalue weighted by Gasteiger charge is -2.30. The first-order valence-electron chi connectivity index (χ1n) is 7.23. The third-order valence-corrected chi connectivity index (χ3v) is 3.76. The largest absolute Gasteiger partial charge is 0.481 e. The highest BCUT2D eigenvalue weighted by atomic mass is 16.5. The quantitative estimate of drug-likeness (QED) is 0.875. The van der Waals surface area contributed by atoms with Crippen LogP contribution in [-0.4, -0.2) is 46.4 Å². The topological polar surface area (TPSA) is 97.4 Å². The number of aliphatic hydroxyl groups excluding tert-OH is 1. The number of nitrogen functional groups attached to an aromatic ring is 1. The zero-order valence-electron chi connectivity index (χ0n) is 12.4. The maximum absolute atomic E-state index is 9.61. The molecule has 0 aromatic carbocycles. The molecule has 2 aromatic heterocycles. The van der Waals surface area contributed by atoms with Crippen LogP contribution >= 0.6 is 0 Å². The third kappa shape index (κ3) is 3.09. The van der Waals surface area contributed by atoms with Gasteiger partial charge in [0.2, 0.25) is 11.8 Å². The number of ether oxygens (including phenoxy) is 1. The molecule has 1 saturated heterocycles. The van der Waals surface area contributed by atoms with Crippen molar-refractivity contribution in [3.63, 3.8) is 0 Å². The van der Waals surface area contributed by atoms with Crippen LogP contribution in [0.3, 0.4) is 0 Å². The first kappa shape index (κ1) is 14.5. The van der Waals surface area contributed by atoms with Gasteiger partial charge in [0.1, 0.15) is 5.82 Å². The summed E-state index contributed by atoms with van der Waals surface area (Å²) in [5.74, 6) is 1.57. The lowest BCUT2D eigenvalue weighted by Crippen LogP contribution is -2.36. The maximum atomic E-state index is 9.61. The van der Waals surface area contributed by atoms with Crippen molar-refractivity contribution in [2.75, 3.05) is 30.8 Å². The third-order valence-electron chi connectivity index (χ3n) is 3.76. The predicted octanol–water partition coefficient (Wildman–Crippen LogP) is 1.09. The van der Waals surface area contributed by atoms with Gasteiger partial charge in [-0.05, 0) is 18.9 Å². The number of aromatic nitrogens is 3. The minimum absolute atomic E-state index is 0.222. The molecule has 7 nitrogen and oxygen atoms in total. The standard InChI is InChI=1S/C15H19N5O2/c1-22-14-3-2-10(9-17-14)12-8-13(19-15(16)18-12)20-6-4-11(21)5-7-20/h2-3,8-9,11,21H,4-7H2,1H3,(H2,16,18,19). The number of rotatable bonds is 3. The van der Waals surface area contributed by atoms with Crippen molar-refractivity contribution in [3.8, 4) is 17.1 Å². The molecule has 3 rings (SSSR count). The van der Waals surface area contributed by atoms with Crippen LogP contribution in [0.5, 0.6) is 5.88 Å². The van der Waals surface area contributed by atoms with Gasteiger partial charge < -0.3 is 20.5 Å². The highest BCUT2D eigenvalue weighted by Gasteiger charge is 2.19. The van der Waals surface area contributed by atoms with Crippen molar-refractivity contribution >= 4 is 11.8 Å². The molecule has 2 aromatic rings. The number of methoxy groups -OCH3 is 1. The number of anilines is 2. The number of aliphatic hydroxyl groups is 1. The van der Waals surface area contributed by atoms with Gasteiger partial charge in [0, 0.05) is 37.0 Å². The Hall–Kier alpha value is -2.41. The summed E-state index contributed by atoms with van der Waals surface area (Å²) in [5, 5.41) is 9.61. The van der Waals surface area contributed by atoms with E-state index in [0.717, 1.165) is 43.0 Å². The highest BCUT2D eigenvalue weighted by Crippen LogP contribution is 2.25. The Morgan fingerprint density at radius 3 is 2.68 bits per heavy atom. The first-order valence-corrected chi connectivity index (χ1v) is 7.23. The Morgan fingerprint density at radius 2 is 2.05 bits per heavy atom. The number of pyridine rings is 1. The molecule has 0 atom stereocenters. The van der Waals surface area contributed by atoms with Crippen molar-refractivity contribution in [3.05, 3.63) is 24.4 Å². The van der Waals surface area contributed by atoms with Gasteiger partial charge in [0.05, 0.1) is 18.9 Å². The summed E-state index contributed by atoms with van der Waals surface area (Å²) in [5.41, 5.74) is 7.42. The SMILES string of the molecule is COc1ccc(-c2cc(N3CCC(O)CC3)nc(N)n2)cn1. The normalized spacial score (nSPS) is 15.8. The monoisotopic (exact) mass is 301 g/mol. The van der Waals surface area contributed by atoms with E-state index in [9.17, 15) is 5.11 Å². The Balaban J connectivity index is 1.88. The van der Waals surface area contributed by atoms with Crippen LogP contribution in [0.25, 0.3) is 11.3 Å². The summed E-state index contributed by atoms with van der Waals surface area (Å²) in [7, 11) is 1.58. The molecule has 0 radical (unpaired) electrons. The van der Waals surface area contributed by atoms with Crippen LogP contribution in [0.2, 0.25) is 0 Å². The van der Waals surface area contributed by atoms with E-state index in [4.69, 9.17) is 10.5 Å². The van der Waals surface area contributed by atoms with E-state index in [2.05, 4.69) is 19.9 Å². The molecule has 0 spiro atoms. The molecule has 0 saturated carbocycles. The second kappa shape index (κ2) is 6.15. The number of nitrogens with zero attached hydrogens (tertiary/aromatic N) is 4. The number of piperidine rings is 1. The fourth-order valence-corrected chi connectivity index (χ4v) is 2.51. The zero-order valence-corrected chi connectivity index (χ0v) is 12.4. The van der Waals surface area contributed by atoms with Crippen molar-refractivity contribution in [2.45, 2.75) is 18.9 Å². The van der Waals surface area contributed by atoms with Crippen LogP contribution in [-0.2, 0) is 0 Å². The molecule has 116 valence electrons. The summed E-state index contributed by atoms with van der Waals surface area (Å²) < 4.78 is 5.06. The molecule has 3 N–H and O–H groups in total. The van der Waals surface area contributed by atoms with Crippen LogP contribution < -0.4 is 15.4 Å². The summed E-state index contributed by atoms with van der Waals surface area (Å²) in [6.07, 6.45) is 2.96.